The van der Waals surface area contributed by atoms with Gasteiger partial charge in [-0.2, -0.15) is 5.26 Å². The van der Waals surface area contributed by atoms with Gasteiger partial charge in [0.05, 0.1) is 18.1 Å². The summed E-state index contributed by atoms with van der Waals surface area (Å²) < 4.78 is 43.8. The Bertz CT molecular complexity index is 516. The fourth-order valence-electron chi connectivity index (χ4n) is 1.85. The molecule has 1 aromatic carbocycles. The molecule has 1 heterocycles. The second-order valence-electron chi connectivity index (χ2n) is 3.69. The smallest absolute Gasteiger partial charge is 0.255 e. The van der Waals surface area contributed by atoms with Crippen LogP contribution in [0.5, 0.6) is 5.75 Å². The number of rotatable bonds is 2. The monoisotopic (exact) mass is 276 g/mol. The topological polar surface area (TPSA) is 36.3 Å². The van der Waals surface area contributed by atoms with E-state index in [2.05, 4.69) is 0 Å². The summed E-state index contributed by atoms with van der Waals surface area (Å²) >= 11 is 5.61. The number of hydrogen-bond donors (Lipinski definition) is 0. The molecule has 0 saturated heterocycles. The van der Waals surface area contributed by atoms with Crippen molar-refractivity contribution in [2.45, 2.75) is 6.43 Å². The molecule has 0 N–H and O–H groups in total. The van der Waals surface area contributed by atoms with Gasteiger partial charge in [-0.15, -0.1) is 0 Å². The zero-order valence-corrected chi connectivity index (χ0v) is 9.85. The first-order valence-electron chi connectivity index (χ1n) is 5.12. The lowest BCUT2D eigenvalue weighted by Gasteiger charge is -2.31. The van der Waals surface area contributed by atoms with E-state index in [0.29, 0.717) is 0 Å². The van der Waals surface area contributed by atoms with Crippen LogP contribution < -0.4 is 9.64 Å². The first-order valence-corrected chi connectivity index (χ1v) is 5.50. The van der Waals surface area contributed by atoms with Crippen LogP contribution in [0.1, 0.15) is 5.56 Å². The zero-order valence-electron chi connectivity index (χ0n) is 9.09. The summed E-state index contributed by atoms with van der Waals surface area (Å²) in [6.07, 6.45) is -2.58. The third-order valence-corrected chi connectivity index (χ3v) is 2.84. The van der Waals surface area contributed by atoms with E-state index in [-0.39, 0.29) is 35.2 Å². The Morgan fingerprint density at radius 1 is 1.56 bits per heavy atom. The Kier molecular flexibility index (Phi) is 3.53. The van der Waals surface area contributed by atoms with Crippen molar-refractivity contribution in [3.63, 3.8) is 0 Å². The number of ether oxygens (including phenoxy) is 1. The Balaban J connectivity index is 2.55. The van der Waals surface area contributed by atoms with Crippen LogP contribution in [0.4, 0.5) is 18.9 Å². The average molecular weight is 277 g/mol. The molecule has 0 fully saturated rings. The fraction of sp³-hybridized carbons (Fsp3) is 0.364. The number of benzene rings is 1. The lowest BCUT2D eigenvalue weighted by atomic mass is 10.1. The van der Waals surface area contributed by atoms with Gasteiger partial charge in [-0.1, -0.05) is 11.6 Å². The number of halogens is 4. The number of anilines is 1. The minimum atomic E-state index is -2.58. The summed E-state index contributed by atoms with van der Waals surface area (Å²) in [5.41, 5.74) is -0.316. The highest BCUT2D eigenvalue weighted by Gasteiger charge is 2.27. The average Bonchev–Trinajstić information content (AvgIpc) is 2.31. The van der Waals surface area contributed by atoms with Crippen molar-refractivity contribution in [1.29, 1.82) is 5.26 Å². The minimum Gasteiger partial charge on any atom is -0.489 e. The van der Waals surface area contributed by atoms with E-state index < -0.39 is 18.8 Å². The molecule has 96 valence electrons. The lowest BCUT2D eigenvalue weighted by Crippen LogP contribution is -2.37. The third-order valence-electron chi connectivity index (χ3n) is 2.56. The van der Waals surface area contributed by atoms with E-state index in [1.54, 1.807) is 6.07 Å². The summed E-state index contributed by atoms with van der Waals surface area (Å²) in [4.78, 5) is 1.24. The van der Waals surface area contributed by atoms with E-state index >= 15 is 0 Å². The molecule has 0 saturated carbocycles. The summed E-state index contributed by atoms with van der Waals surface area (Å²) in [5, 5.41) is 8.67. The maximum atomic E-state index is 13.7. The van der Waals surface area contributed by atoms with E-state index in [1.165, 1.54) is 11.0 Å². The molecular formula is C11H8ClF3N2O. The van der Waals surface area contributed by atoms with Gasteiger partial charge in [0.25, 0.3) is 6.43 Å². The molecule has 7 heteroatoms. The van der Waals surface area contributed by atoms with E-state index in [1.807, 2.05) is 0 Å². The molecule has 1 aromatic rings. The summed E-state index contributed by atoms with van der Waals surface area (Å²) in [5.74, 6) is -0.757. The molecule has 1 aliphatic rings. The van der Waals surface area contributed by atoms with Gasteiger partial charge < -0.3 is 9.64 Å². The molecule has 0 amide bonds. The lowest BCUT2D eigenvalue weighted by molar-refractivity contribution is 0.151. The maximum absolute atomic E-state index is 13.7. The van der Waals surface area contributed by atoms with E-state index in [4.69, 9.17) is 21.6 Å². The highest BCUT2D eigenvalue weighted by atomic mass is 35.5. The normalized spacial score (nSPS) is 14.1. The molecule has 3 nitrogen and oxygen atoms in total. The number of fused-ring (bicyclic) bond motifs is 1. The van der Waals surface area contributed by atoms with Crippen LogP contribution in [-0.4, -0.2) is 26.1 Å². The molecule has 0 aliphatic carbocycles. The number of nitrogens with zero attached hydrogens (tertiary/aromatic N) is 2. The SMILES string of the molecule is N#Cc1c(F)c(Cl)cc2c1N(CC(F)F)CCO2. The predicted molar refractivity (Wildman–Crippen MR) is 59.8 cm³/mol. The number of hydrogen-bond acceptors (Lipinski definition) is 3. The van der Waals surface area contributed by atoms with Crippen LogP contribution in [-0.2, 0) is 0 Å². The second kappa shape index (κ2) is 4.94. The standard InChI is InChI=1S/C11H8ClF3N2O/c12-7-3-8-11(6(4-16)10(7)15)17(1-2-18-8)5-9(13)14/h3,9H,1-2,5H2. The van der Waals surface area contributed by atoms with Crippen molar-refractivity contribution in [2.75, 3.05) is 24.6 Å². The van der Waals surface area contributed by atoms with Crippen LogP contribution in [0.15, 0.2) is 6.07 Å². The molecule has 0 radical (unpaired) electrons. The first kappa shape index (κ1) is 12.8. The Morgan fingerprint density at radius 2 is 2.28 bits per heavy atom. The van der Waals surface area contributed by atoms with Crippen molar-refractivity contribution < 1.29 is 17.9 Å². The van der Waals surface area contributed by atoms with Gasteiger partial charge >= 0.3 is 0 Å². The molecule has 18 heavy (non-hydrogen) atoms. The van der Waals surface area contributed by atoms with Crippen molar-refractivity contribution in [3.8, 4) is 11.8 Å². The molecular weight excluding hydrogens is 269 g/mol. The van der Waals surface area contributed by atoms with E-state index in [9.17, 15) is 13.2 Å². The van der Waals surface area contributed by atoms with Crippen molar-refractivity contribution in [3.05, 3.63) is 22.5 Å². The molecule has 0 aromatic heterocycles. The highest BCUT2D eigenvalue weighted by Crippen LogP contribution is 2.39. The van der Waals surface area contributed by atoms with Crippen molar-refractivity contribution in [1.82, 2.24) is 0 Å². The van der Waals surface area contributed by atoms with Crippen molar-refractivity contribution in [2.24, 2.45) is 0 Å². The Hall–Kier alpha value is -1.61. The highest BCUT2D eigenvalue weighted by molar-refractivity contribution is 6.31. The molecule has 0 unspecified atom stereocenters. The van der Waals surface area contributed by atoms with Gasteiger partial charge in [0.15, 0.2) is 5.82 Å². The predicted octanol–water partition coefficient (Wildman–Crippen LogP) is 2.81. The maximum Gasteiger partial charge on any atom is 0.255 e. The van der Waals surface area contributed by atoms with Crippen LogP contribution in [0, 0.1) is 17.1 Å². The van der Waals surface area contributed by atoms with Gasteiger partial charge in [0.2, 0.25) is 0 Å². The Labute approximate surface area is 106 Å². The molecule has 2 rings (SSSR count). The van der Waals surface area contributed by atoms with Crippen molar-refractivity contribution >= 4 is 17.3 Å². The second-order valence-corrected chi connectivity index (χ2v) is 4.10. The summed E-state index contributed by atoms with van der Waals surface area (Å²) in [7, 11) is 0. The third kappa shape index (κ3) is 2.18. The van der Waals surface area contributed by atoms with Crippen LogP contribution in [0.2, 0.25) is 5.02 Å². The van der Waals surface area contributed by atoms with Gasteiger partial charge in [-0.25, -0.2) is 13.2 Å². The Morgan fingerprint density at radius 3 is 2.89 bits per heavy atom. The van der Waals surface area contributed by atoms with Gasteiger partial charge in [0.1, 0.15) is 29.7 Å². The largest absolute Gasteiger partial charge is 0.489 e. The van der Waals surface area contributed by atoms with Gasteiger partial charge in [-0.05, 0) is 0 Å². The zero-order chi connectivity index (χ0) is 13.3. The van der Waals surface area contributed by atoms with Crippen LogP contribution in [0.3, 0.4) is 0 Å². The summed E-state index contributed by atoms with van der Waals surface area (Å²) in [6, 6.07) is 2.84. The first-order chi connectivity index (χ1) is 8.54. The molecule has 0 atom stereocenters. The molecule has 1 aliphatic heterocycles. The number of nitriles is 1. The minimum absolute atomic E-state index is 0.0472. The van der Waals surface area contributed by atoms with Gasteiger partial charge in [-0.3, -0.25) is 0 Å². The molecule has 0 spiro atoms. The number of alkyl halides is 2. The van der Waals surface area contributed by atoms with E-state index in [0.717, 1.165) is 0 Å². The fourth-order valence-corrected chi connectivity index (χ4v) is 2.04. The van der Waals surface area contributed by atoms with Gasteiger partial charge in [0, 0.05) is 6.07 Å². The quantitative estimate of drug-likeness (QED) is 0.833. The van der Waals surface area contributed by atoms with Crippen LogP contribution >= 0.6 is 11.6 Å². The molecule has 0 bridgehead atoms. The van der Waals surface area contributed by atoms with Crippen LogP contribution in [0.25, 0.3) is 0 Å². The summed E-state index contributed by atoms with van der Waals surface area (Å²) in [6.45, 7) is -0.217.